The van der Waals surface area contributed by atoms with Crippen LogP contribution in [0, 0.1) is 5.92 Å². The number of anilines is 1. The van der Waals surface area contributed by atoms with Gasteiger partial charge in [0.2, 0.25) is 0 Å². The molecule has 0 aromatic heterocycles. The van der Waals surface area contributed by atoms with Crippen LogP contribution in [0.4, 0.5) is 5.69 Å². The molecule has 23 heavy (non-hydrogen) atoms. The van der Waals surface area contributed by atoms with E-state index in [9.17, 15) is 9.90 Å². The Morgan fingerprint density at radius 1 is 1.13 bits per heavy atom. The van der Waals surface area contributed by atoms with Crippen molar-refractivity contribution in [3.8, 4) is 0 Å². The minimum atomic E-state index is -0.888. The van der Waals surface area contributed by atoms with Gasteiger partial charge in [0.25, 0.3) is 0 Å². The van der Waals surface area contributed by atoms with E-state index in [4.69, 9.17) is 0 Å². The topological polar surface area (TPSA) is 49.3 Å². The van der Waals surface area contributed by atoms with Crippen LogP contribution in [0.5, 0.6) is 0 Å². The van der Waals surface area contributed by atoms with E-state index in [0.717, 1.165) is 22.1 Å². The summed E-state index contributed by atoms with van der Waals surface area (Å²) in [6, 6.07) is 13.8. The van der Waals surface area contributed by atoms with Crippen LogP contribution in [0.25, 0.3) is 0 Å². The number of carboxylic acid groups (broad SMARTS) is 1. The number of allylic oxidation sites excluding steroid dienone is 2. The molecule has 2 aromatic rings. The van der Waals surface area contributed by atoms with Crippen LogP contribution in [0.1, 0.15) is 39.9 Å². The Hall–Kier alpha value is -2.07. The molecular formula is C19H16BrNO2. The van der Waals surface area contributed by atoms with E-state index in [1.54, 1.807) is 6.07 Å². The third-order valence-corrected chi connectivity index (χ3v) is 5.59. The van der Waals surface area contributed by atoms with Crippen molar-refractivity contribution < 1.29 is 9.90 Å². The van der Waals surface area contributed by atoms with Gasteiger partial charge in [-0.3, -0.25) is 0 Å². The number of hydrogen-bond donors (Lipinski definition) is 2. The lowest BCUT2D eigenvalue weighted by atomic mass is 9.76. The van der Waals surface area contributed by atoms with Crippen molar-refractivity contribution in [3.63, 3.8) is 0 Å². The molecule has 2 aliphatic rings. The molecule has 0 saturated heterocycles. The van der Waals surface area contributed by atoms with Gasteiger partial charge in [-0.05, 0) is 35.6 Å². The first-order chi connectivity index (χ1) is 11.2. The van der Waals surface area contributed by atoms with Crippen molar-refractivity contribution >= 4 is 27.6 Å². The molecule has 0 bridgehead atoms. The number of fused-ring (bicyclic) bond motifs is 3. The summed E-state index contributed by atoms with van der Waals surface area (Å²) >= 11 is 3.64. The number of aromatic carboxylic acids is 1. The summed E-state index contributed by atoms with van der Waals surface area (Å²) < 4.78 is 1.06. The summed E-state index contributed by atoms with van der Waals surface area (Å²) in [5.74, 6) is -0.214. The predicted octanol–water partition coefficient (Wildman–Crippen LogP) is 4.97. The van der Waals surface area contributed by atoms with Crippen molar-refractivity contribution in [2.45, 2.75) is 18.4 Å². The predicted molar refractivity (Wildman–Crippen MR) is 93.9 cm³/mol. The Balaban J connectivity index is 1.87. The Morgan fingerprint density at radius 2 is 1.91 bits per heavy atom. The monoisotopic (exact) mass is 369 g/mol. The van der Waals surface area contributed by atoms with Crippen molar-refractivity contribution in [3.05, 3.63) is 75.8 Å². The number of carboxylic acids is 1. The Morgan fingerprint density at radius 3 is 2.70 bits per heavy atom. The highest BCUT2D eigenvalue weighted by Gasteiger charge is 2.39. The Kier molecular flexibility index (Phi) is 3.49. The van der Waals surface area contributed by atoms with Crippen LogP contribution >= 0.6 is 15.9 Å². The molecule has 1 aliphatic heterocycles. The zero-order chi connectivity index (χ0) is 16.0. The second-order valence-electron chi connectivity index (χ2n) is 6.07. The number of para-hydroxylation sites is 1. The van der Waals surface area contributed by atoms with Crippen LogP contribution < -0.4 is 5.32 Å². The van der Waals surface area contributed by atoms with Crippen LogP contribution in [0.15, 0.2) is 59.1 Å². The van der Waals surface area contributed by atoms with E-state index >= 15 is 0 Å². The normalized spacial score (nSPS) is 24.7. The molecule has 0 amide bonds. The average Bonchev–Trinajstić information content (AvgIpc) is 3.04. The molecule has 4 heteroatoms. The molecule has 0 radical (unpaired) electrons. The molecule has 116 valence electrons. The molecule has 0 unspecified atom stereocenters. The van der Waals surface area contributed by atoms with Gasteiger partial charge in [0.15, 0.2) is 0 Å². The maximum absolute atomic E-state index is 11.6. The third-order valence-electron chi connectivity index (χ3n) is 4.87. The Bertz CT molecular complexity index is 815. The number of nitrogens with one attached hydrogen (secondary N) is 1. The van der Waals surface area contributed by atoms with Gasteiger partial charge in [-0.2, -0.15) is 0 Å². The standard InChI is InChI=1S/C19H16BrNO2/c20-16-10-2-1-5-14(16)17-12-7-3-6-11(12)13-8-4-9-15(19(22)23)18(13)21-17/h1-6,8-12,17,21H,7H2,(H,22,23)/t11-,12+,17+/m1/s1. The summed E-state index contributed by atoms with van der Waals surface area (Å²) in [6.45, 7) is 0. The van der Waals surface area contributed by atoms with E-state index in [2.05, 4.69) is 39.5 Å². The highest BCUT2D eigenvalue weighted by atomic mass is 79.9. The summed E-state index contributed by atoms with van der Waals surface area (Å²) in [6.07, 6.45) is 5.43. The van der Waals surface area contributed by atoms with Crippen molar-refractivity contribution in [1.82, 2.24) is 0 Å². The fourth-order valence-electron chi connectivity index (χ4n) is 3.83. The summed E-state index contributed by atoms with van der Waals surface area (Å²) in [5, 5.41) is 13.1. The maximum atomic E-state index is 11.6. The van der Waals surface area contributed by atoms with Gasteiger partial charge < -0.3 is 10.4 Å². The summed E-state index contributed by atoms with van der Waals surface area (Å²) in [5.41, 5.74) is 3.37. The van der Waals surface area contributed by atoms with Crippen LogP contribution in [0.3, 0.4) is 0 Å². The average molecular weight is 370 g/mol. The zero-order valence-electron chi connectivity index (χ0n) is 12.4. The molecule has 3 atom stereocenters. The zero-order valence-corrected chi connectivity index (χ0v) is 14.0. The third kappa shape index (κ3) is 2.29. The van der Waals surface area contributed by atoms with Gasteiger partial charge in [0.1, 0.15) is 0 Å². The van der Waals surface area contributed by atoms with Crippen LogP contribution in [-0.4, -0.2) is 11.1 Å². The quantitative estimate of drug-likeness (QED) is 0.734. The molecule has 0 spiro atoms. The first-order valence-corrected chi connectivity index (χ1v) is 8.50. The van der Waals surface area contributed by atoms with Gasteiger partial charge in [0, 0.05) is 10.4 Å². The van der Waals surface area contributed by atoms with E-state index in [1.807, 2.05) is 30.3 Å². The summed E-state index contributed by atoms with van der Waals surface area (Å²) in [4.78, 5) is 11.6. The van der Waals surface area contributed by atoms with Gasteiger partial charge in [-0.1, -0.05) is 58.4 Å². The molecule has 2 N–H and O–H groups in total. The van der Waals surface area contributed by atoms with Crippen LogP contribution in [0.2, 0.25) is 0 Å². The molecular weight excluding hydrogens is 354 g/mol. The second kappa shape index (κ2) is 5.53. The maximum Gasteiger partial charge on any atom is 0.337 e. The fourth-order valence-corrected chi connectivity index (χ4v) is 4.37. The van der Waals surface area contributed by atoms with E-state index in [-0.39, 0.29) is 12.0 Å². The molecule has 1 aliphatic carbocycles. The molecule has 0 fully saturated rings. The lowest BCUT2D eigenvalue weighted by Crippen LogP contribution is -2.30. The smallest absolute Gasteiger partial charge is 0.337 e. The molecule has 2 aromatic carbocycles. The van der Waals surface area contributed by atoms with Gasteiger partial charge in [-0.25, -0.2) is 4.79 Å². The lowest BCUT2D eigenvalue weighted by molar-refractivity contribution is 0.0697. The highest BCUT2D eigenvalue weighted by Crippen LogP contribution is 2.51. The Labute approximate surface area is 143 Å². The lowest BCUT2D eigenvalue weighted by Gasteiger charge is -2.38. The molecule has 0 saturated carbocycles. The number of carbonyl (C=O) groups is 1. The van der Waals surface area contributed by atoms with Crippen molar-refractivity contribution in [2.24, 2.45) is 5.92 Å². The minimum Gasteiger partial charge on any atom is -0.478 e. The second-order valence-corrected chi connectivity index (χ2v) is 6.93. The van der Waals surface area contributed by atoms with E-state index in [1.165, 1.54) is 5.56 Å². The van der Waals surface area contributed by atoms with Crippen molar-refractivity contribution in [2.75, 3.05) is 5.32 Å². The largest absolute Gasteiger partial charge is 0.478 e. The number of halogens is 1. The van der Waals surface area contributed by atoms with E-state index < -0.39 is 5.97 Å². The number of rotatable bonds is 2. The van der Waals surface area contributed by atoms with E-state index in [0.29, 0.717) is 11.5 Å². The first kappa shape index (κ1) is 14.5. The summed E-state index contributed by atoms with van der Waals surface area (Å²) in [7, 11) is 0. The first-order valence-electron chi connectivity index (χ1n) is 7.70. The minimum absolute atomic E-state index is 0.0959. The molecule has 4 rings (SSSR count). The SMILES string of the molecule is O=C(O)c1cccc2c1N[C@H](c1ccccc1Br)[C@H]1CC=C[C@@H]21. The van der Waals surface area contributed by atoms with Crippen molar-refractivity contribution in [1.29, 1.82) is 0 Å². The highest BCUT2D eigenvalue weighted by molar-refractivity contribution is 9.10. The number of benzene rings is 2. The molecule has 1 heterocycles. The van der Waals surface area contributed by atoms with Gasteiger partial charge >= 0.3 is 5.97 Å². The molecule has 3 nitrogen and oxygen atoms in total. The van der Waals surface area contributed by atoms with Crippen LogP contribution in [-0.2, 0) is 0 Å². The van der Waals surface area contributed by atoms with Gasteiger partial charge in [-0.15, -0.1) is 0 Å². The number of hydrogen-bond acceptors (Lipinski definition) is 2. The fraction of sp³-hybridized carbons (Fsp3) is 0.211. The van der Waals surface area contributed by atoms with Gasteiger partial charge in [0.05, 0.1) is 17.3 Å².